The van der Waals surface area contributed by atoms with E-state index in [1.165, 1.54) is 7.05 Å². The molecule has 0 saturated heterocycles. The number of rotatable bonds is 6. The summed E-state index contributed by atoms with van der Waals surface area (Å²) in [6, 6.07) is 14.4. The van der Waals surface area contributed by atoms with Crippen molar-refractivity contribution in [2.24, 2.45) is 0 Å². The second-order valence-corrected chi connectivity index (χ2v) is 5.01. The van der Waals surface area contributed by atoms with Gasteiger partial charge in [0.2, 0.25) is 0 Å². The number of carboxylic acid groups (broad SMARTS) is 1. The lowest BCUT2D eigenvalue weighted by Crippen LogP contribution is -2.28. The average molecular weight is 322 g/mol. The van der Waals surface area contributed by atoms with Crippen LogP contribution in [0.2, 0.25) is 5.02 Å². The molecule has 22 heavy (non-hydrogen) atoms. The second-order valence-electron chi connectivity index (χ2n) is 4.57. The number of hydroxylamine groups is 2. The maximum Gasteiger partial charge on any atom is 0.440 e. The van der Waals surface area contributed by atoms with Crippen molar-refractivity contribution >= 4 is 17.7 Å². The number of hydrogen-bond donors (Lipinski definition) is 1. The third-order valence-corrected chi connectivity index (χ3v) is 3.14. The van der Waals surface area contributed by atoms with E-state index >= 15 is 0 Å². The van der Waals surface area contributed by atoms with Gasteiger partial charge in [0.05, 0.1) is 13.7 Å². The first-order valence-electron chi connectivity index (χ1n) is 6.66. The molecule has 2 aromatic carbocycles. The highest BCUT2D eigenvalue weighted by molar-refractivity contribution is 6.30. The van der Waals surface area contributed by atoms with Crippen molar-refractivity contribution in [2.45, 2.75) is 6.42 Å². The van der Waals surface area contributed by atoms with Crippen molar-refractivity contribution in [2.75, 3.05) is 13.7 Å². The van der Waals surface area contributed by atoms with Crippen LogP contribution in [0.3, 0.4) is 0 Å². The summed E-state index contributed by atoms with van der Waals surface area (Å²) in [6.07, 6.45) is -0.425. The van der Waals surface area contributed by atoms with Gasteiger partial charge < -0.3 is 14.7 Å². The van der Waals surface area contributed by atoms with E-state index in [1.54, 1.807) is 24.3 Å². The van der Waals surface area contributed by atoms with Gasteiger partial charge in [-0.15, -0.1) is 5.06 Å². The number of carbonyl (C=O) groups is 1. The molecule has 1 N–H and O–H groups in total. The van der Waals surface area contributed by atoms with Crippen LogP contribution in [0, 0.1) is 0 Å². The van der Waals surface area contributed by atoms with Crippen LogP contribution < -0.4 is 9.57 Å². The van der Waals surface area contributed by atoms with E-state index in [0.717, 1.165) is 17.0 Å². The molecule has 0 aliphatic rings. The summed E-state index contributed by atoms with van der Waals surface area (Å²) in [5, 5.41) is 10.2. The Morgan fingerprint density at radius 2 is 1.86 bits per heavy atom. The summed E-state index contributed by atoms with van der Waals surface area (Å²) < 4.78 is 5.64. The van der Waals surface area contributed by atoms with E-state index in [0.29, 0.717) is 23.1 Å². The number of ether oxygens (including phenoxy) is 1. The first-order valence-corrected chi connectivity index (χ1v) is 7.04. The van der Waals surface area contributed by atoms with Crippen LogP contribution in [0.4, 0.5) is 4.79 Å². The van der Waals surface area contributed by atoms with Crippen LogP contribution in [-0.2, 0) is 6.42 Å². The molecule has 116 valence electrons. The van der Waals surface area contributed by atoms with Gasteiger partial charge in [0.1, 0.15) is 5.75 Å². The minimum Gasteiger partial charge on any atom is -0.493 e. The van der Waals surface area contributed by atoms with Crippen LogP contribution in [0.25, 0.3) is 0 Å². The predicted molar refractivity (Wildman–Crippen MR) is 83.5 cm³/mol. The number of hydrogen-bond acceptors (Lipinski definition) is 3. The van der Waals surface area contributed by atoms with Crippen LogP contribution in [0.5, 0.6) is 11.5 Å². The third kappa shape index (κ3) is 4.86. The fraction of sp³-hybridized carbons (Fsp3) is 0.188. The topological polar surface area (TPSA) is 59.0 Å². The first-order chi connectivity index (χ1) is 10.5. The number of amides is 1. The Balaban J connectivity index is 1.87. The lowest BCUT2D eigenvalue weighted by Gasteiger charge is -2.14. The molecule has 0 saturated carbocycles. The van der Waals surface area contributed by atoms with Crippen molar-refractivity contribution in [3.05, 3.63) is 59.1 Å². The summed E-state index contributed by atoms with van der Waals surface area (Å²) in [6.45, 7) is 0.500. The zero-order chi connectivity index (χ0) is 15.9. The molecular weight excluding hydrogens is 306 g/mol. The van der Waals surface area contributed by atoms with Crippen LogP contribution >= 0.6 is 11.6 Å². The molecule has 0 unspecified atom stereocenters. The molecule has 0 atom stereocenters. The number of benzene rings is 2. The molecule has 0 aromatic heterocycles. The summed E-state index contributed by atoms with van der Waals surface area (Å²) in [5.74, 6) is 1.01. The molecule has 0 radical (unpaired) electrons. The van der Waals surface area contributed by atoms with E-state index in [2.05, 4.69) is 0 Å². The summed E-state index contributed by atoms with van der Waals surface area (Å²) in [5.41, 5.74) is 1.13. The highest BCUT2D eigenvalue weighted by Gasteiger charge is 2.08. The Morgan fingerprint density at radius 3 is 2.55 bits per heavy atom. The van der Waals surface area contributed by atoms with Crippen LogP contribution in [0.15, 0.2) is 48.5 Å². The quantitative estimate of drug-likeness (QED) is 0.821. The van der Waals surface area contributed by atoms with Crippen molar-refractivity contribution in [1.82, 2.24) is 5.06 Å². The van der Waals surface area contributed by atoms with Crippen molar-refractivity contribution in [1.29, 1.82) is 0 Å². The molecule has 0 bridgehead atoms. The molecule has 0 spiro atoms. The zero-order valence-electron chi connectivity index (χ0n) is 12.0. The average Bonchev–Trinajstić information content (AvgIpc) is 2.49. The lowest BCUT2D eigenvalue weighted by atomic mass is 10.2. The minimum absolute atomic E-state index is 0.397. The van der Waals surface area contributed by atoms with Crippen LogP contribution in [0.1, 0.15) is 5.56 Å². The maximum absolute atomic E-state index is 10.7. The van der Waals surface area contributed by atoms with Crippen molar-refractivity contribution in [3.63, 3.8) is 0 Å². The standard InChI is InChI=1S/C16H16ClNO4/c1-18(16(19)20)22-15-4-2-3-14(11-15)21-10-9-12-5-7-13(17)8-6-12/h2-8,11H,9-10H2,1H3,(H,19,20). The number of nitrogens with zero attached hydrogens (tertiary/aromatic N) is 1. The number of halogens is 1. The van der Waals surface area contributed by atoms with E-state index < -0.39 is 6.09 Å². The molecule has 5 nitrogen and oxygen atoms in total. The van der Waals surface area contributed by atoms with E-state index in [-0.39, 0.29) is 0 Å². The van der Waals surface area contributed by atoms with Gasteiger partial charge in [0.15, 0.2) is 5.75 Å². The van der Waals surface area contributed by atoms with Gasteiger partial charge in [-0.05, 0) is 29.8 Å². The maximum atomic E-state index is 10.7. The first kappa shape index (κ1) is 16.0. The van der Waals surface area contributed by atoms with E-state index in [1.807, 2.05) is 24.3 Å². The summed E-state index contributed by atoms with van der Waals surface area (Å²) in [7, 11) is 1.32. The van der Waals surface area contributed by atoms with Gasteiger partial charge in [-0.1, -0.05) is 29.8 Å². The monoisotopic (exact) mass is 321 g/mol. The highest BCUT2D eigenvalue weighted by atomic mass is 35.5. The Morgan fingerprint density at radius 1 is 1.18 bits per heavy atom. The minimum atomic E-state index is -1.17. The molecule has 6 heteroatoms. The van der Waals surface area contributed by atoms with E-state index in [4.69, 9.17) is 26.3 Å². The van der Waals surface area contributed by atoms with Crippen molar-refractivity contribution in [3.8, 4) is 11.5 Å². The van der Waals surface area contributed by atoms with Gasteiger partial charge in [0.25, 0.3) is 0 Å². The highest BCUT2D eigenvalue weighted by Crippen LogP contribution is 2.20. The molecule has 1 amide bonds. The Kier molecular flexibility index (Phi) is 5.49. The molecule has 2 aromatic rings. The SMILES string of the molecule is CN(Oc1cccc(OCCc2ccc(Cl)cc2)c1)C(=O)O. The molecule has 2 rings (SSSR count). The molecule has 0 aliphatic heterocycles. The Labute approximate surface area is 133 Å². The largest absolute Gasteiger partial charge is 0.493 e. The van der Waals surface area contributed by atoms with Gasteiger partial charge >= 0.3 is 6.09 Å². The smallest absolute Gasteiger partial charge is 0.440 e. The zero-order valence-corrected chi connectivity index (χ0v) is 12.8. The van der Waals surface area contributed by atoms with Gasteiger partial charge in [-0.2, -0.15) is 0 Å². The molecular formula is C16H16ClNO4. The van der Waals surface area contributed by atoms with Gasteiger partial charge in [-0.25, -0.2) is 4.79 Å². The fourth-order valence-electron chi connectivity index (χ4n) is 1.76. The lowest BCUT2D eigenvalue weighted by molar-refractivity contribution is -0.0133. The molecule has 0 aliphatic carbocycles. The third-order valence-electron chi connectivity index (χ3n) is 2.89. The predicted octanol–water partition coefficient (Wildman–Crippen LogP) is 3.87. The van der Waals surface area contributed by atoms with Gasteiger partial charge in [-0.3, -0.25) is 0 Å². The van der Waals surface area contributed by atoms with Crippen LogP contribution in [-0.4, -0.2) is 29.9 Å². The van der Waals surface area contributed by atoms with Gasteiger partial charge in [0, 0.05) is 17.5 Å². The normalized spacial score (nSPS) is 10.1. The summed E-state index contributed by atoms with van der Waals surface area (Å²) >= 11 is 5.83. The second kappa shape index (κ2) is 7.56. The molecule has 0 heterocycles. The fourth-order valence-corrected chi connectivity index (χ4v) is 1.88. The molecule has 0 fully saturated rings. The summed E-state index contributed by atoms with van der Waals surface area (Å²) in [4.78, 5) is 15.8. The van der Waals surface area contributed by atoms with E-state index in [9.17, 15) is 4.79 Å². The Bertz CT molecular complexity index is 630. The van der Waals surface area contributed by atoms with Crippen molar-refractivity contribution < 1.29 is 19.5 Å². The Hall–Kier alpha value is -2.40.